The van der Waals surface area contributed by atoms with Gasteiger partial charge in [-0.1, -0.05) is 60.1 Å². The van der Waals surface area contributed by atoms with E-state index in [-0.39, 0.29) is 39.0 Å². The number of carbonyl (C=O) groups excluding carboxylic acids is 1. The number of aliphatic hydroxyl groups is 2. The van der Waals surface area contributed by atoms with Crippen LogP contribution in [0.25, 0.3) is 0 Å². The van der Waals surface area contributed by atoms with Gasteiger partial charge >= 0.3 is 5.97 Å². The van der Waals surface area contributed by atoms with Gasteiger partial charge in [0.15, 0.2) is 0 Å². The van der Waals surface area contributed by atoms with E-state index in [1.54, 1.807) is 12.7 Å². The van der Waals surface area contributed by atoms with Crippen LogP contribution in [0.1, 0.15) is 99.8 Å². The quantitative estimate of drug-likeness (QED) is 0.345. The summed E-state index contributed by atoms with van der Waals surface area (Å²) in [4.78, 5) is 13.4. The van der Waals surface area contributed by atoms with Gasteiger partial charge in [0, 0.05) is 0 Å². The molecule has 4 saturated carbocycles. The molecule has 0 aromatic rings. The Morgan fingerprint density at radius 1 is 0.971 bits per heavy atom. The van der Waals surface area contributed by atoms with E-state index in [2.05, 4.69) is 54.5 Å². The minimum Gasteiger partial charge on any atom is -0.469 e. The average Bonchev–Trinajstić information content (AvgIpc) is 2.79. The summed E-state index contributed by atoms with van der Waals surface area (Å²) in [6.07, 6.45) is 9.19. The average molecular weight is 487 g/mol. The summed E-state index contributed by atoms with van der Waals surface area (Å²) >= 11 is 0. The van der Waals surface area contributed by atoms with Crippen molar-refractivity contribution in [3.05, 3.63) is 11.6 Å². The predicted octanol–water partition coefficient (Wildman–Crippen LogP) is 6.15. The number of esters is 1. The summed E-state index contributed by atoms with van der Waals surface area (Å²) in [5.74, 6) is 2.21. The molecule has 35 heavy (non-hydrogen) atoms. The number of aliphatic hydroxyl groups excluding tert-OH is 2. The van der Waals surface area contributed by atoms with Gasteiger partial charge in [-0.05, 0) is 103 Å². The molecule has 198 valence electrons. The van der Waals surface area contributed by atoms with Crippen LogP contribution in [0.4, 0.5) is 0 Å². The lowest BCUT2D eigenvalue weighted by molar-refractivity contribution is -0.232. The zero-order valence-corrected chi connectivity index (χ0v) is 23.5. The van der Waals surface area contributed by atoms with Crippen molar-refractivity contribution in [3.63, 3.8) is 0 Å². The number of fused-ring (bicyclic) bond motifs is 7. The van der Waals surface area contributed by atoms with E-state index in [0.717, 1.165) is 44.9 Å². The van der Waals surface area contributed by atoms with Crippen LogP contribution in [0.2, 0.25) is 0 Å². The summed E-state index contributed by atoms with van der Waals surface area (Å²) < 4.78 is 5.49. The normalized spacial score (nSPS) is 54.9. The summed E-state index contributed by atoms with van der Waals surface area (Å²) in [5, 5.41) is 22.0. The number of rotatable bonds is 1. The first-order chi connectivity index (χ1) is 16.2. The summed E-state index contributed by atoms with van der Waals surface area (Å²) in [6.45, 7) is 16.6. The first-order valence-corrected chi connectivity index (χ1v) is 14.4. The fourth-order valence-corrected chi connectivity index (χ4v) is 11.2. The summed E-state index contributed by atoms with van der Waals surface area (Å²) in [5.41, 5.74) is 1.03. The van der Waals surface area contributed by atoms with E-state index in [0.29, 0.717) is 30.1 Å². The largest absolute Gasteiger partial charge is 0.469 e. The fourth-order valence-electron chi connectivity index (χ4n) is 11.2. The second kappa shape index (κ2) is 7.82. The highest BCUT2D eigenvalue weighted by molar-refractivity contribution is 5.78. The molecule has 0 saturated heterocycles. The smallest absolute Gasteiger partial charge is 0.312 e. The van der Waals surface area contributed by atoms with Crippen LogP contribution in [0, 0.1) is 56.7 Å². The van der Waals surface area contributed by atoms with Crippen LogP contribution in [0.15, 0.2) is 11.6 Å². The van der Waals surface area contributed by atoms with Crippen molar-refractivity contribution in [2.24, 2.45) is 56.7 Å². The highest BCUT2D eigenvalue weighted by atomic mass is 16.5. The molecule has 5 rings (SSSR count). The lowest BCUT2D eigenvalue weighted by atomic mass is 9.33. The van der Waals surface area contributed by atoms with E-state index in [9.17, 15) is 15.0 Å². The molecule has 4 fully saturated rings. The molecule has 4 nitrogen and oxygen atoms in total. The maximum Gasteiger partial charge on any atom is 0.312 e. The van der Waals surface area contributed by atoms with E-state index < -0.39 is 12.2 Å². The van der Waals surface area contributed by atoms with Crippen molar-refractivity contribution >= 4 is 5.97 Å². The Bertz CT molecular complexity index is 923. The Balaban J connectivity index is 1.62. The van der Waals surface area contributed by atoms with Gasteiger partial charge in [-0.2, -0.15) is 0 Å². The van der Waals surface area contributed by atoms with E-state index in [4.69, 9.17) is 4.74 Å². The molecule has 4 heteroatoms. The van der Waals surface area contributed by atoms with Crippen LogP contribution in [0.3, 0.4) is 0 Å². The van der Waals surface area contributed by atoms with Gasteiger partial charge < -0.3 is 14.9 Å². The van der Waals surface area contributed by atoms with Crippen LogP contribution < -0.4 is 0 Å². The molecular formula is C31H50O4. The van der Waals surface area contributed by atoms with Crippen molar-refractivity contribution < 1.29 is 19.7 Å². The Hall–Kier alpha value is -0.870. The van der Waals surface area contributed by atoms with Crippen LogP contribution in [-0.2, 0) is 9.53 Å². The minimum absolute atomic E-state index is 0.0114. The lowest BCUT2D eigenvalue weighted by Crippen LogP contribution is -2.67. The molecule has 0 radical (unpaired) electrons. The molecule has 0 bridgehead atoms. The molecule has 0 spiro atoms. The minimum atomic E-state index is -0.663. The monoisotopic (exact) mass is 486 g/mol. The van der Waals surface area contributed by atoms with E-state index in [1.165, 1.54) is 0 Å². The fraction of sp³-hybridized carbons (Fsp3) is 0.903. The molecule has 0 aromatic heterocycles. The molecule has 0 heterocycles. The Morgan fingerprint density at radius 2 is 1.66 bits per heavy atom. The third-order valence-electron chi connectivity index (χ3n) is 13.5. The molecule has 11 atom stereocenters. The SMILES string of the molecule is COC(=O)[C@]12CC[C@@H](C)[C@H](C)[C@H]1C1=CC[C@@H]3[C@@]4(C)C[C@@H](O)[C@@H](O)C(C)(C)[C@@H]4CC[C@@]3(C)[C@]1(C)CC2. The van der Waals surface area contributed by atoms with Crippen molar-refractivity contribution in [2.75, 3.05) is 7.11 Å². The molecule has 5 aliphatic carbocycles. The Kier molecular flexibility index (Phi) is 5.76. The topological polar surface area (TPSA) is 66.8 Å². The number of methoxy groups -OCH3 is 1. The van der Waals surface area contributed by atoms with Gasteiger partial charge in [0.25, 0.3) is 0 Å². The number of allylic oxidation sites excluding steroid dienone is 2. The first-order valence-electron chi connectivity index (χ1n) is 14.4. The number of carbonyl (C=O) groups is 1. The van der Waals surface area contributed by atoms with Gasteiger partial charge in [0.2, 0.25) is 0 Å². The Morgan fingerprint density at radius 3 is 2.31 bits per heavy atom. The van der Waals surface area contributed by atoms with Crippen molar-refractivity contribution in [1.82, 2.24) is 0 Å². The van der Waals surface area contributed by atoms with Crippen molar-refractivity contribution in [2.45, 2.75) is 112 Å². The van der Waals surface area contributed by atoms with Gasteiger partial charge in [-0.3, -0.25) is 4.79 Å². The van der Waals surface area contributed by atoms with Crippen molar-refractivity contribution in [1.29, 1.82) is 0 Å². The van der Waals surface area contributed by atoms with Gasteiger partial charge in [-0.15, -0.1) is 0 Å². The first kappa shape index (κ1) is 25.8. The predicted molar refractivity (Wildman–Crippen MR) is 138 cm³/mol. The van der Waals surface area contributed by atoms with Crippen LogP contribution >= 0.6 is 0 Å². The third-order valence-corrected chi connectivity index (χ3v) is 13.5. The van der Waals surface area contributed by atoms with Crippen LogP contribution in [-0.4, -0.2) is 35.5 Å². The van der Waals surface area contributed by atoms with E-state index in [1.807, 2.05) is 0 Å². The standard InChI is InChI=1S/C31H50O4/c1-18-11-14-31(26(34)35-8)16-15-29(6)20(24(31)19(18)2)9-10-23-28(5)17-21(32)25(33)27(3,4)22(28)12-13-30(23,29)7/h9,18-19,21-25,32-33H,10-17H2,1-8H3/t18-,19+,21-,22+,23-,24+,25-,28+,29-,30-,31+/m1/s1. The molecule has 0 unspecified atom stereocenters. The second-order valence-corrected chi connectivity index (χ2v) is 14.8. The zero-order chi connectivity index (χ0) is 25.8. The molecule has 5 aliphatic rings. The summed E-state index contributed by atoms with van der Waals surface area (Å²) in [7, 11) is 1.57. The highest BCUT2D eigenvalue weighted by Crippen LogP contribution is 2.75. The van der Waals surface area contributed by atoms with Crippen molar-refractivity contribution in [3.8, 4) is 0 Å². The number of hydrogen-bond acceptors (Lipinski definition) is 4. The maximum atomic E-state index is 13.4. The second-order valence-electron chi connectivity index (χ2n) is 14.8. The van der Waals surface area contributed by atoms with Gasteiger partial charge in [0.1, 0.15) is 0 Å². The van der Waals surface area contributed by atoms with Crippen LogP contribution in [0.5, 0.6) is 0 Å². The third kappa shape index (κ3) is 3.02. The molecular weight excluding hydrogens is 436 g/mol. The lowest BCUT2D eigenvalue weighted by Gasteiger charge is -2.71. The highest BCUT2D eigenvalue weighted by Gasteiger charge is 2.70. The van der Waals surface area contributed by atoms with E-state index >= 15 is 0 Å². The zero-order valence-electron chi connectivity index (χ0n) is 23.5. The molecule has 0 aromatic carbocycles. The number of ether oxygens (including phenoxy) is 1. The number of hydrogen-bond donors (Lipinski definition) is 2. The molecule has 0 amide bonds. The molecule has 2 N–H and O–H groups in total. The van der Waals surface area contributed by atoms with Gasteiger partial charge in [0.05, 0.1) is 24.7 Å². The summed E-state index contributed by atoms with van der Waals surface area (Å²) in [6, 6.07) is 0. The molecule has 0 aliphatic heterocycles. The maximum absolute atomic E-state index is 13.4. The Labute approximate surface area is 213 Å². The van der Waals surface area contributed by atoms with Gasteiger partial charge in [-0.25, -0.2) is 0 Å².